The summed E-state index contributed by atoms with van der Waals surface area (Å²) in [5, 5.41) is 1.54. The fourth-order valence-electron chi connectivity index (χ4n) is 3.93. The first-order chi connectivity index (χ1) is 12.2. The number of amides is 1. The summed E-state index contributed by atoms with van der Waals surface area (Å²) in [7, 11) is 1.60. The van der Waals surface area contributed by atoms with Gasteiger partial charge >= 0.3 is 0 Å². The summed E-state index contributed by atoms with van der Waals surface area (Å²) in [6.45, 7) is 3.62. The molecule has 0 saturated carbocycles. The summed E-state index contributed by atoms with van der Waals surface area (Å²) in [5.74, 6) is 2.05. The molecule has 3 fully saturated rings. The lowest BCUT2D eigenvalue weighted by Crippen LogP contribution is -2.37. The van der Waals surface area contributed by atoms with Crippen LogP contribution in [0.15, 0.2) is 12.4 Å². The molecule has 25 heavy (non-hydrogen) atoms. The largest absolute Gasteiger partial charge is 0.481 e. The van der Waals surface area contributed by atoms with Crippen LogP contribution in [0.4, 0.5) is 5.82 Å². The number of fused-ring (bicyclic) bond motifs is 1. The molecule has 1 amide bonds. The van der Waals surface area contributed by atoms with E-state index < -0.39 is 0 Å². The molecule has 3 saturated heterocycles. The van der Waals surface area contributed by atoms with Gasteiger partial charge in [-0.05, 0) is 18.8 Å². The number of aromatic nitrogens is 2. The third-order valence-corrected chi connectivity index (χ3v) is 5.32. The van der Waals surface area contributed by atoms with Crippen LogP contribution in [-0.4, -0.2) is 67.0 Å². The van der Waals surface area contributed by atoms with Crippen molar-refractivity contribution in [2.75, 3.05) is 44.9 Å². The number of anilines is 1. The van der Waals surface area contributed by atoms with Crippen molar-refractivity contribution in [2.24, 2.45) is 11.8 Å². The number of carbonyl (C=O) groups excluding carboxylic acids is 1. The molecule has 1 aromatic rings. The van der Waals surface area contributed by atoms with Crippen molar-refractivity contribution in [3.05, 3.63) is 12.4 Å². The fraction of sp³-hybridized carbons (Fsp3) is 0.706. The van der Waals surface area contributed by atoms with Gasteiger partial charge in [0.25, 0.3) is 0 Å². The summed E-state index contributed by atoms with van der Waals surface area (Å²) < 4.78 is 11.1. The zero-order valence-corrected chi connectivity index (χ0v) is 14.5. The van der Waals surface area contributed by atoms with Crippen LogP contribution in [0.1, 0.15) is 19.3 Å². The molecule has 8 nitrogen and oxygen atoms in total. The average Bonchev–Trinajstić information content (AvgIpc) is 3.24. The van der Waals surface area contributed by atoms with Crippen LogP contribution in [0.2, 0.25) is 0 Å². The van der Waals surface area contributed by atoms with Crippen LogP contribution in [0.5, 0.6) is 5.88 Å². The minimum Gasteiger partial charge on any atom is -0.481 e. The number of carbonyl (C=O) groups is 1. The van der Waals surface area contributed by atoms with Crippen molar-refractivity contribution in [1.82, 2.24) is 15.0 Å². The maximum Gasteiger partial charge on any atom is 0.246 e. The highest BCUT2D eigenvalue weighted by Gasteiger charge is 2.45. The Bertz CT molecular complexity index is 622. The van der Waals surface area contributed by atoms with E-state index in [1.807, 2.05) is 6.07 Å². The van der Waals surface area contributed by atoms with Gasteiger partial charge in [-0.3, -0.25) is 9.63 Å². The molecule has 0 aromatic carbocycles. The van der Waals surface area contributed by atoms with E-state index >= 15 is 0 Å². The first-order valence-corrected chi connectivity index (χ1v) is 8.90. The second kappa shape index (κ2) is 7.13. The number of ether oxygens (including phenoxy) is 2. The van der Waals surface area contributed by atoms with Gasteiger partial charge in [-0.2, -0.15) is 0 Å². The Morgan fingerprint density at radius 1 is 1.36 bits per heavy atom. The summed E-state index contributed by atoms with van der Waals surface area (Å²) in [6, 6.07) is 1.84. The van der Waals surface area contributed by atoms with E-state index in [1.54, 1.807) is 12.2 Å². The fourth-order valence-corrected chi connectivity index (χ4v) is 3.93. The molecular formula is C17H24N4O4. The number of rotatable bonds is 4. The van der Waals surface area contributed by atoms with E-state index in [0.717, 1.165) is 31.7 Å². The SMILES string of the molecule is COc1cc(N2C[C@@H]3[C@H](CC(=O)N4CCCCO4)CO[C@@H]3C2)ncn1. The van der Waals surface area contributed by atoms with E-state index in [1.165, 1.54) is 6.33 Å². The number of methoxy groups -OCH3 is 1. The number of hydrogen-bond acceptors (Lipinski definition) is 7. The van der Waals surface area contributed by atoms with E-state index in [4.69, 9.17) is 14.3 Å². The lowest BCUT2D eigenvalue weighted by molar-refractivity contribution is -0.198. The molecule has 8 heteroatoms. The zero-order valence-electron chi connectivity index (χ0n) is 14.5. The Kier molecular flexibility index (Phi) is 4.72. The summed E-state index contributed by atoms with van der Waals surface area (Å²) in [4.78, 5) is 28.5. The third kappa shape index (κ3) is 3.41. The molecule has 0 bridgehead atoms. The Morgan fingerprint density at radius 3 is 3.08 bits per heavy atom. The van der Waals surface area contributed by atoms with Crippen molar-refractivity contribution >= 4 is 11.7 Å². The molecule has 3 aliphatic rings. The van der Waals surface area contributed by atoms with E-state index in [9.17, 15) is 4.79 Å². The van der Waals surface area contributed by atoms with Crippen LogP contribution in [-0.2, 0) is 14.4 Å². The topological polar surface area (TPSA) is 77.0 Å². The van der Waals surface area contributed by atoms with Crippen molar-refractivity contribution < 1.29 is 19.1 Å². The predicted octanol–water partition coefficient (Wildman–Crippen LogP) is 0.880. The second-order valence-electron chi connectivity index (χ2n) is 6.86. The molecule has 3 atom stereocenters. The van der Waals surface area contributed by atoms with Crippen molar-refractivity contribution in [3.63, 3.8) is 0 Å². The van der Waals surface area contributed by atoms with Gasteiger partial charge in [0.05, 0.1) is 26.4 Å². The van der Waals surface area contributed by atoms with Crippen molar-refractivity contribution in [2.45, 2.75) is 25.4 Å². The molecule has 1 aromatic heterocycles. The Balaban J connectivity index is 1.38. The van der Waals surface area contributed by atoms with Gasteiger partial charge in [-0.25, -0.2) is 15.0 Å². The molecule has 3 aliphatic heterocycles. The van der Waals surface area contributed by atoms with Gasteiger partial charge in [0, 0.05) is 38.0 Å². The monoisotopic (exact) mass is 348 g/mol. The van der Waals surface area contributed by atoms with Crippen LogP contribution >= 0.6 is 0 Å². The van der Waals surface area contributed by atoms with Crippen molar-refractivity contribution in [1.29, 1.82) is 0 Å². The summed E-state index contributed by atoms with van der Waals surface area (Å²) in [5.41, 5.74) is 0. The van der Waals surface area contributed by atoms with E-state index in [2.05, 4.69) is 14.9 Å². The van der Waals surface area contributed by atoms with Gasteiger partial charge in [0.15, 0.2) is 0 Å². The first kappa shape index (κ1) is 16.5. The molecule has 0 spiro atoms. The zero-order chi connectivity index (χ0) is 17.2. The molecule has 0 aliphatic carbocycles. The molecule has 0 N–H and O–H groups in total. The van der Waals surface area contributed by atoms with Crippen LogP contribution in [0.25, 0.3) is 0 Å². The van der Waals surface area contributed by atoms with Gasteiger partial charge in [0.1, 0.15) is 12.1 Å². The van der Waals surface area contributed by atoms with Gasteiger partial charge < -0.3 is 14.4 Å². The minimum absolute atomic E-state index is 0.0797. The van der Waals surface area contributed by atoms with Crippen LogP contribution in [0, 0.1) is 11.8 Å². The minimum atomic E-state index is 0.0797. The summed E-state index contributed by atoms with van der Waals surface area (Å²) >= 11 is 0. The predicted molar refractivity (Wildman–Crippen MR) is 89.0 cm³/mol. The maximum atomic E-state index is 12.5. The first-order valence-electron chi connectivity index (χ1n) is 8.90. The second-order valence-corrected chi connectivity index (χ2v) is 6.86. The van der Waals surface area contributed by atoms with Crippen LogP contribution < -0.4 is 9.64 Å². The molecular weight excluding hydrogens is 324 g/mol. The van der Waals surface area contributed by atoms with Gasteiger partial charge in [-0.15, -0.1) is 0 Å². The highest BCUT2D eigenvalue weighted by molar-refractivity contribution is 5.75. The number of hydrogen-bond donors (Lipinski definition) is 0. The average molecular weight is 348 g/mol. The maximum absolute atomic E-state index is 12.5. The molecule has 136 valence electrons. The lowest BCUT2D eigenvalue weighted by atomic mass is 9.90. The van der Waals surface area contributed by atoms with Crippen molar-refractivity contribution in [3.8, 4) is 5.88 Å². The smallest absolute Gasteiger partial charge is 0.246 e. The standard InChI is InChI=1S/C17H24N4O4/c1-23-16-7-15(18-11-19-16)20-8-13-12(10-24-14(13)9-20)6-17(22)21-4-2-3-5-25-21/h7,11-14H,2-6,8-10H2,1H3/t12-,13-,14-/m1/s1. The van der Waals surface area contributed by atoms with E-state index in [-0.39, 0.29) is 17.9 Å². The Labute approximate surface area is 147 Å². The van der Waals surface area contributed by atoms with Gasteiger partial charge in [0.2, 0.25) is 11.8 Å². The Hall–Kier alpha value is -1.93. The molecule has 0 radical (unpaired) electrons. The Morgan fingerprint density at radius 2 is 2.28 bits per heavy atom. The highest BCUT2D eigenvalue weighted by Crippen LogP contribution is 2.37. The van der Waals surface area contributed by atoms with Crippen LogP contribution in [0.3, 0.4) is 0 Å². The number of hydroxylamine groups is 2. The third-order valence-electron chi connectivity index (χ3n) is 5.32. The lowest BCUT2D eigenvalue weighted by Gasteiger charge is -2.27. The highest BCUT2D eigenvalue weighted by atomic mass is 16.7. The normalized spacial score (nSPS) is 28.9. The number of nitrogens with zero attached hydrogens (tertiary/aromatic N) is 4. The van der Waals surface area contributed by atoms with E-state index in [0.29, 0.717) is 38.0 Å². The molecule has 0 unspecified atom stereocenters. The molecule has 4 heterocycles. The van der Waals surface area contributed by atoms with Gasteiger partial charge in [-0.1, -0.05) is 0 Å². The molecule has 4 rings (SSSR count). The summed E-state index contributed by atoms with van der Waals surface area (Å²) in [6.07, 6.45) is 4.20. The quantitative estimate of drug-likeness (QED) is 0.799.